The summed E-state index contributed by atoms with van der Waals surface area (Å²) in [4.78, 5) is 8.90. The first-order chi connectivity index (χ1) is 10.0. The van der Waals surface area contributed by atoms with Gasteiger partial charge < -0.3 is 5.32 Å². The van der Waals surface area contributed by atoms with Gasteiger partial charge in [-0.1, -0.05) is 13.8 Å². The molecule has 1 N–H and O–H groups in total. The summed E-state index contributed by atoms with van der Waals surface area (Å²) < 4.78 is 3.91. The fourth-order valence-electron chi connectivity index (χ4n) is 2.14. The summed E-state index contributed by atoms with van der Waals surface area (Å²) in [5, 5.41) is 7.62. The third-order valence-electron chi connectivity index (χ3n) is 3.14. The molecule has 114 valence electrons. The molecule has 0 aliphatic heterocycles. The van der Waals surface area contributed by atoms with Crippen LogP contribution < -0.4 is 5.32 Å². The minimum atomic E-state index is 0.0857. The molecule has 2 rings (SSSR count). The van der Waals surface area contributed by atoms with E-state index in [0.717, 1.165) is 33.4 Å². The number of hydrogen-bond acceptors (Lipinski definition) is 4. The lowest BCUT2D eigenvalue weighted by atomic mass is 10.1. The summed E-state index contributed by atoms with van der Waals surface area (Å²) in [6.07, 6.45) is 4.17. The van der Waals surface area contributed by atoms with Crippen molar-refractivity contribution in [1.29, 1.82) is 0 Å². The van der Waals surface area contributed by atoms with Gasteiger partial charge in [0.15, 0.2) is 0 Å². The van der Waals surface area contributed by atoms with E-state index >= 15 is 0 Å². The molecule has 0 spiro atoms. The Morgan fingerprint density at radius 3 is 2.67 bits per heavy atom. The number of aromatic nitrogens is 4. The first-order valence-electron chi connectivity index (χ1n) is 6.86. The summed E-state index contributed by atoms with van der Waals surface area (Å²) in [7, 11) is 1.93. The van der Waals surface area contributed by atoms with Crippen molar-refractivity contribution in [1.82, 2.24) is 25.1 Å². The molecule has 0 fully saturated rings. The van der Waals surface area contributed by atoms with Gasteiger partial charge in [0.2, 0.25) is 0 Å². The molecule has 0 aliphatic carbocycles. The quantitative estimate of drug-likeness (QED) is 0.784. The topological polar surface area (TPSA) is 55.6 Å². The number of halogens is 2. The van der Waals surface area contributed by atoms with Gasteiger partial charge in [-0.2, -0.15) is 5.10 Å². The zero-order valence-electron chi connectivity index (χ0n) is 12.3. The van der Waals surface area contributed by atoms with Crippen molar-refractivity contribution in [2.24, 2.45) is 5.92 Å². The lowest BCUT2D eigenvalue weighted by Crippen LogP contribution is -2.23. The molecule has 1 atom stereocenters. The Labute approximate surface area is 141 Å². The van der Waals surface area contributed by atoms with Crippen LogP contribution in [0.5, 0.6) is 0 Å². The molecule has 0 bridgehead atoms. The fourth-order valence-corrected chi connectivity index (χ4v) is 3.41. The Morgan fingerprint density at radius 2 is 2.05 bits per heavy atom. The number of hydrogen-bond donors (Lipinski definition) is 1. The van der Waals surface area contributed by atoms with Crippen LogP contribution >= 0.6 is 31.9 Å². The second kappa shape index (κ2) is 7.47. The monoisotopic (exact) mass is 415 g/mol. The van der Waals surface area contributed by atoms with E-state index in [1.54, 1.807) is 6.33 Å². The van der Waals surface area contributed by atoms with Gasteiger partial charge in [0, 0.05) is 28.1 Å². The highest BCUT2D eigenvalue weighted by Crippen LogP contribution is 2.26. The van der Waals surface area contributed by atoms with Crippen LogP contribution in [0.2, 0.25) is 0 Å². The molecule has 0 aromatic carbocycles. The van der Waals surface area contributed by atoms with Gasteiger partial charge in [0.1, 0.15) is 12.2 Å². The lowest BCUT2D eigenvalue weighted by molar-refractivity contribution is 0.449. The highest BCUT2D eigenvalue weighted by molar-refractivity contribution is 9.11. The number of likely N-dealkylation sites (N-methyl/N-ethyl adjacent to an activating group) is 1. The van der Waals surface area contributed by atoms with Crippen LogP contribution in [-0.2, 0) is 13.0 Å². The predicted octanol–water partition coefficient (Wildman–Crippen LogP) is 3.36. The Hall–Kier alpha value is -0.790. The molecule has 0 saturated heterocycles. The maximum Gasteiger partial charge on any atom is 0.138 e. The lowest BCUT2D eigenvalue weighted by Gasteiger charge is -2.17. The third-order valence-corrected chi connectivity index (χ3v) is 4.20. The molecule has 0 saturated carbocycles. The van der Waals surface area contributed by atoms with Crippen molar-refractivity contribution >= 4 is 31.9 Å². The normalized spacial score (nSPS) is 12.9. The molecule has 1 unspecified atom stereocenters. The number of nitrogens with zero attached hydrogens (tertiary/aromatic N) is 4. The number of pyridine rings is 1. The van der Waals surface area contributed by atoms with Crippen LogP contribution in [0.15, 0.2) is 27.5 Å². The maximum absolute atomic E-state index is 4.51. The largest absolute Gasteiger partial charge is 0.311 e. The maximum atomic E-state index is 4.51. The molecule has 5 nitrogen and oxygen atoms in total. The second-order valence-corrected chi connectivity index (χ2v) is 7.09. The third kappa shape index (κ3) is 4.34. The molecule has 0 aliphatic rings. The molecular formula is C14H19Br2N5. The van der Waals surface area contributed by atoms with Crippen LogP contribution in [0.4, 0.5) is 0 Å². The fraction of sp³-hybridized carbons (Fsp3) is 0.500. The second-order valence-electron chi connectivity index (χ2n) is 5.32. The van der Waals surface area contributed by atoms with Crippen molar-refractivity contribution in [3.8, 4) is 0 Å². The van der Waals surface area contributed by atoms with Crippen LogP contribution in [-0.4, -0.2) is 26.8 Å². The Kier molecular flexibility index (Phi) is 5.89. The molecule has 0 radical (unpaired) electrons. The highest BCUT2D eigenvalue weighted by atomic mass is 79.9. The molecule has 21 heavy (non-hydrogen) atoms. The minimum Gasteiger partial charge on any atom is -0.311 e. The van der Waals surface area contributed by atoms with Gasteiger partial charge in [0.05, 0.1) is 11.7 Å². The van der Waals surface area contributed by atoms with Gasteiger partial charge in [-0.05, 0) is 50.9 Å². The Morgan fingerprint density at radius 1 is 1.29 bits per heavy atom. The number of rotatable bonds is 6. The van der Waals surface area contributed by atoms with Crippen molar-refractivity contribution in [2.75, 3.05) is 7.05 Å². The number of nitrogens with one attached hydrogen (secondary N) is 1. The van der Waals surface area contributed by atoms with Gasteiger partial charge in [-0.3, -0.25) is 4.98 Å². The van der Waals surface area contributed by atoms with Gasteiger partial charge in [0.25, 0.3) is 0 Å². The minimum absolute atomic E-state index is 0.0857. The summed E-state index contributed by atoms with van der Waals surface area (Å²) in [6, 6.07) is 2.09. The van der Waals surface area contributed by atoms with Crippen molar-refractivity contribution in [3.63, 3.8) is 0 Å². The van der Waals surface area contributed by atoms with E-state index in [4.69, 9.17) is 0 Å². The van der Waals surface area contributed by atoms with Crippen molar-refractivity contribution in [3.05, 3.63) is 39.1 Å². The zero-order chi connectivity index (χ0) is 15.4. The molecule has 2 aromatic heterocycles. The molecular weight excluding hydrogens is 398 g/mol. The highest BCUT2D eigenvalue weighted by Gasteiger charge is 2.18. The van der Waals surface area contributed by atoms with E-state index in [1.165, 1.54) is 0 Å². The molecule has 7 heteroatoms. The first-order valence-corrected chi connectivity index (χ1v) is 8.44. The summed E-state index contributed by atoms with van der Waals surface area (Å²) >= 11 is 7.00. The SMILES string of the molecule is CNC(Cc1ncnn1CC(C)C)c1ncc(Br)cc1Br. The molecule has 0 amide bonds. The van der Waals surface area contributed by atoms with E-state index < -0.39 is 0 Å². The van der Waals surface area contributed by atoms with E-state index in [-0.39, 0.29) is 6.04 Å². The van der Waals surface area contributed by atoms with Crippen LogP contribution in [0.25, 0.3) is 0 Å². The van der Waals surface area contributed by atoms with Crippen LogP contribution in [0.3, 0.4) is 0 Å². The van der Waals surface area contributed by atoms with E-state index in [0.29, 0.717) is 5.92 Å². The van der Waals surface area contributed by atoms with E-state index in [2.05, 4.69) is 66.1 Å². The average molecular weight is 417 g/mol. The van der Waals surface area contributed by atoms with Crippen LogP contribution in [0, 0.1) is 5.92 Å². The summed E-state index contributed by atoms with van der Waals surface area (Å²) in [6.45, 7) is 5.22. The Balaban J connectivity index is 2.21. The standard InChI is InChI=1S/C14H19Br2N5/c1-9(2)7-21-13(19-8-20-21)5-12(17-3)14-11(16)4-10(15)6-18-14/h4,6,8-9,12,17H,5,7H2,1-3H3. The Bertz CT molecular complexity index is 597. The summed E-state index contributed by atoms with van der Waals surface area (Å²) in [5.74, 6) is 1.51. The van der Waals surface area contributed by atoms with Gasteiger partial charge in [-0.15, -0.1) is 0 Å². The zero-order valence-corrected chi connectivity index (χ0v) is 15.5. The van der Waals surface area contributed by atoms with E-state index in [1.807, 2.05) is 24.0 Å². The molecule has 2 heterocycles. The smallest absolute Gasteiger partial charge is 0.138 e. The molecule has 2 aromatic rings. The van der Waals surface area contributed by atoms with Crippen molar-refractivity contribution in [2.45, 2.75) is 32.9 Å². The average Bonchev–Trinajstić information content (AvgIpc) is 2.83. The van der Waals surface area contributed by atoms with Gasteiger partial charge >= 0.3 is 0 Å². The van der Waals surface area contributed by atoms with Gasteiger partial charge in [-0.25, -0.2) is 9.67 Å². The van der Waals surface area contributed by atoms with Crippen molar-refractivity contribution < 1.29 is 0 Å². The predicted molar refractivity (Wildman–Crippen MR) is 90.0 cm³/mol. The van der Waals surface area contributed by atoms with Crippen LogP contribution in [0.1, 0.15) is 31.4 Å². The van der Waals surface area contributed by atoms with E-state index in [9.17, 15) is 0 Å². The summed E-state index contributed by atoms with van der Waals surface area (Å²) in [5.41, 5.74) is 0.972. The first kappa shape index (κ1) is 16.6.